The Labute approximate surface area is 267 Å². The summed E-state index contributed by atoms with van der Waals surface area (Å²) in [5, 5.41) is 0. The molecule has 0 saturated carbocycles. The molecule has 0 atom stereocenters. The third-order valence-corrected chi connectivity index (χ3v) is 7.08. The summed E-state index contributed by atoms with van der Waals surface area (Å²) in [6, 6.07) is 26.3. The van der Waals surface area contributed by atoms with Crippen molar-refractivity contribution < 1.29 is 38.1 Å². The Morgan fingerprint density at radius 2 is 1.07 bits per heavy atom. The van der Waals surface area contributed by atoms with Crippen molar-refractivity contribution in [3.8, 4) is 0 Å². The fourth-order valence-corrected chi connectivity index (χ4v) is 4.84. The van der Waals surface area contributed by atoms with Crippen molar-refractivity contribution in [2.75, 3.05) is 26.4 Å². The topological polar surface area (TPSA) is 105 Å². The zero-order valence-electron chi connectivity index (χ0n) is 27.1. The molecule has 0 fully saturated rings. The van der Waals surface area contributed by atoms with Crippen molar-refractivity contribution in [1.29, 1.82) is 0 Å². The summed E-state index contributed by atoms with van der Waals surface area (Å²) in [6.45, 7) is 9.87. The van der Waals surface area contributed by atoms with Crippen molar-refractivity contribution in [1.82, 2.24) is 0 Å². The van der Waals surface area contributed by atoms with Crippen LogP contribution in [0.2, 0.25) is 0 Å². The van der Waals surface area contributed by atoms with Crippen LogP contribution in [0.1, 0.15) is 75.1 Å². The van der Waals surface area contributed by atoms with Crippen LogP contribution < -0.4 is 0 Å². The first-order valence-corrected chi connectivity index (χ1v) is 15.6. The number of unbranched alkanes of at least 4 members (excludes halogenated alkanes) is 1. The highest BCUT2D eigenvalue weighted by Gasteiger charge is 2.49. The van der Waals surface area contributed by atoms with Crippen LogP contribution in [-0.2, 0) is 50.0 Å². The molecule has 8 nitrogen and oxygen atoms in total. The predicted octanol–water partition coefficient (Wildman–Crippen LogP) is 6.67. The Hall–Kier alpha value is -4.46. The van der Waals surface area contributed by atoms with E-state index in [0.29, 0.717) is 24.0 Å². The Balaban J connectivity index is 0.000000355. The largest absolute Gasteiger partial charge is 0.465 e. The van der Waals surface area contributed by atoms with Gasteiger partial charge in [0.15, 0.2) is 11.3 Å². The van der Waals surface area contributed by atoms with E-state index in [4.69, 9.17) is 18.9 Å². The lowest BCUT2D eigenvalue weighted by Gasteiger charge is -2.29. The van der Waals surface area contributed by atoms with Gasteiger partial charge in [-0.1, -0.05) is 96.9 Å². The second-order valence-electron chi connectivity index (χ2n) is 10.3. The van der Waals surface area contributed by atoms with Gasteiger partial charge in [-0.2, -0.15) is 0 Å². The number of aryl methyl sites for hydroxylation is 2. The lowest BCUT2D eigenvalue weighted by molar-refractivity contribution is -0.165. The van der Waals surface area contributed by atoms with E-state index in [1.54, 1.807) is 64.1 Å². The molecule has 0 saturated heterocycles. The molecule has 8 heteroatoms. The molecule has 0 bridgehead atoms. The predicted molar refractivity (Wildman–Crippen MR) is 173 cm³/mol. The normalized spacial score (nSPS) is 10.7. The van der Waals surface area contributed by atoms with Crippen LogP contribution >= 0.6 is 0 Å². The van der Waals surface area contributed by atoms with Gasteiger partial charge in [-0.25, -0.2) is 0 Å². The number of ether oxygens (including phenoxy) is 4. The van der Waals surface area contributed by atoms with Crippen LogP contribution in [-0.4, -0.2) is 50.3 Å². The lowest BCUT2D eigenvalue weighted by Crippen LogP contribution is -2.46. The Bertz CT molecular complexity index is 1280. The molecule has 0 unspecified atom stereocenters. The molecule has 0 aromatic heterocycles. The minimum Gasteiger partial charge on any atom is -0.465 e. The Morgan fingerprint density at radius 1 is 0.600 bits per heavy atom. The first-order chi connectivity index (χ1) is 21.7. The molecule has 3 aromatic rings. The number of hydrogen-bond acceptors (Lipinski definition) is 8. The molecule has 0 amide bonds. The summed E-state index contributed by atoms with van der Waals surface area (Å²) in [5.74, 6) is -3.20. The maximum Gasteiger partial charge on any atom is 0.328 e. The SMILES string of the molecule is CCOC(=O)C(C(=O)OCC)c1ccccc1.CCOC(=O)C(CCCCc1ccc(C)cc1)(C(=O)OCC)c1ccccc1. The minimum atomic E-state index is -1.42. The first kappa shape index (κ1) is 36.7. The fraction of sp³-hybridized carbons (Fsp3) is 0.405. The van der Waals surface area contributed by atoms with E-state index in [0.717, 1.165) is 12.8 Å². The molecular formula is C37H46O8. The van der Waals surface area contributed by atoms with Crippen LogP contribution in [0.3, 0.4) is 0 Å². The van der Waals surface area contributed by atoms with Gasteiger partial charge in [-0.15, -0.1) is 0 Å². The number of esters is 4. The standard InChI is InChI=1S/C24H30O4.C13H16O4/c1-4-27-22(25)24(23(26)28-5-2,21-12-7-6-8-13-21)18-10-9-11-20-16-14-19(3)15-17-20;1-3-16-12(14)11(13(15)17-4-2)10-8-6-5-7-9-10/h6-8,12-17H,4-5,9-11,18H2,1-3H3;5-9,11H,3-4H2,1-2H3. The van der Waals surface area contributed by atoms with Crippen molar-refractivity contribution in [2.45, 2.75) is 71.6 Å². The van der Waals surface area contributed by atoms with E-state index in [1.807, 2.05) is 24.3 Å². The molecule has 3 aromatic carbocycles. The highest BCUT2D eigenvalue weighted by atomic mass is 16.6. The second-order valence-corrected chi connectivity index (χ2v) is 10.3. The van der Waals surface area contributed by atoms with Crippen LogP contribution in [0.15, 0.2) is 84.9 Å². The van der Waals surface area contributed by atoms with Gasteiger partial charge < -0.3 is 18.9 Å². The van der Waals surface area contributed by atoms with E-state index < -0.39 is 35.2 Å². The van der Waals surface area contributed by atoms with Crippen LogP contribution in [0.5, 0.6) is 0 Å². The zero-order chi connectivity index (χ0) is 33.1. The average Bonchev–Trinajstić information content (AvgIpc) is 3.04. The maximum atomic E-state index is 13.0. The van der Waals surface area contributed by atoms with Crippen LogP contribution in [0.4, 0.5) is 0 Å². The van der Waals surface area contributed by atoms with Crippen molar-refractivity contribution in [2.24, 2.45) is 0 Å². The molecule has 3 rings (SSSR count). The van der Waals surface area contributed by atoms with E-state index in [-0.39, 0.29) is 26.4 Å². The summed E-state index contributed by atoms with van der Waals surface area (Å²) in [5.41, 5.74) is 2.28. The van der Waals surface area contributed by atoms with Gasteiger partial charge in [-0.05, 0) is 70.6 Å². The number of carbonyl (C=O) groups is 4. The van der Waals surface area contributed by atoms with Gasteiger partial charge >= 0.3 is 23.9 Å². The van der Waals surface area contributed by atoms with Crippen molar-refractivity contribution in [3.63, 3.8) is 0 Å². The summed E-state index contributed by atoms with van der Waals surface area (Å²) < 4.78 is 20.4. The van der Waals surface area contributed by atoms with E-state index in [1.165, 1.54) is 11.1 Å². The summed E-state index contributed by atoms with van der Waals surface area (Å²) in [4.78, 5) is 49.4. The molecule has 0 spiro atoms. The van der Waals surface area contributed by atoms with Crippen LogP contribution in [0, 0.1) is 6.92 Å². The molecule has 0 aliphatic rings. The van der Waals surface area contributed by atoms with Gasteiger partial charge in [-0.3, -0.25) is 19.2 Å². The molecule has 0 heterocycles. The number of benzene rings is 3. The van der Waals surface area contributed by atoms with Gasteiger partial charge in [0.05, 0.1) is 26.4 Å². The molecule has 45 heavy (non-hydrogen) atoms. The maximum absolute atomic E-state index is 13.0. The molecule has 0 aliphatic heterocycles. The zero-order valence-corrected chi connectivity index (χ0v) is 27.1. The molecule has 242 valence electrons. The quantitative estimate of drug-likeness (QED) is 0.0805. The third kappa shape index (κ3) is 10.9. The summed E-state index contributed by atoms with van der Waals surface area (Å²) in [7, 11) is 0. The monoisotopic (exact) mass is 618 g/mol. The molecule has 0 radical (unpaired) electrons. The Morgan fingerprint density at radius 3 is 1.53 bits per heavy atom. The minimum absolute atomic E-state index is 0.218. The number of carbonyl (C=O) groups excluding carboxylic acids is 4. The van der Waals surface area contributed by atoms with E-state index >= 15 is 0 Å². The van der Waals surface area contributed by atoms with Crippen LogP contribution in [0.25, 0.3) is 0 Å². The van der Waals surface area contributed by atoms with E-state index in [2.05, 4.69) is 31.2 Å². The van der Waals surface area contributed by atoms with E-state index in [9.17, 15) is 19.2 Å². The summed E-state index contributed by atoms with van der Waals surface area (Å²) in [6.07, 6.45) is 2.84. The Kier molecular flexibility index (Phi) is 16.1. The second kappa shape index (κ2) is 19.7. The van der Waals surface area contributed by atoms with Gasteiger partial charge in [0.2, 0.25) is 0 Å². The number of rotatable bonds is 15. The molecule has 0 N–H and O–H groups in total. The number of hydrogen-bond donors (Lipinski definition) is 0. The molecular weight excluding hydrogens is 572 g/mol. The van der Waals surface area contributed by atoms with Gasteiger partial charge in [0.25, 0.3) is 0 Å². The highest BCUT2D eigenvalue weighted by molar-refractivity contribution is 6.06. The van der Waals surface area contributed by atoms with Crippen molar-refractivity contribution >= 4 is 23.9 Å². The van der Waals surface area contributed by atoms with Gasteiger partial charge in [0.1, 0.15) is 0 Å². The summed E-state index contributed by atoms with van der Waals surface area (Å²) >= 11 is 0. The smallest absolute Gasteiger partial charge is 0.328 e. The first-order valence-electron chi connectivity index (χ1n) is 15.6. The van der Waals surface area contributed by atoms with Gasteiger partial charge in [0, 0.05) is 0 Å². The molecule has 0 aliphatic carbocycles. The fourth-order valence-electron chi connectivity index (χ4n) is 4.84. The van der Waals surface area contributed by atoms with Crippen molar-refractivity contribution in [3.05, 3.63) is 107 Å². The lowest BCUT2D eigenvalue weighted by atomic mass is 9.76. The third-order valence-electron chi connectivity index (χ3n) is 7.08. The highest BCUT2D eigenvalue weighted by Crippen LogP contribution is 2.34. The average molecular weight is 619 g/mol.